The van der Waals surface area contributed by atoms with Crippen molar-refractivity contribution in [3.8, 4) is 11.5 Å². The van der Waals surface area contributed by atoms with E-state index in [1.807, 2.05) is 26.0 Å². The van der Waals surface area contributed by atoms with Gasteiger partial charge >= 0.3 is 0 Å². The molecule has 1 heterocycles. The second-order valence-electron chi connectivity index (χ2n) is 4.99. The smallest absolute Gasteiger partial charge is 0.258 e. The van der Waals surface area contributed by atoms with Crippen LogP contribution >= 0.6 is 0 Å². The molecule has 0 aliphatic carbocycles. The van der Waals surface area contributed by atoms with Crippen molar-refractivity contribution in [2.45, 2.75) is 39.7 Å². The highest BCUT2D eigenvalue weighted by Gasteiger charge is 2.25. The molecular weight excluding hydrogens is 226 g/mol. The monoisotopic (exact) mass is 245 g/mol. The first kappa shape index (κ1) is 12.8. The highest BCUT2D eigenvalue weighted by molar-refractivity contribution is 5.55. The van der Waals surface area contributed by atoms with E-state index in [0.29, 0.717) is 11.7 Å². The predicted octanol–water partition coefficient (Wildman–Crippen LogP) is 2.94. The van der Waals surface area contributed by atoms with Crippen molar-refractivity contribution in [3.63, 3.8) is 0 Å². The highest BCUT2D eigenvalue weighted by atomic mass is 16.5. The molecule has 0 saturated heterocycles. The molecule has 96 valence electrons. The molecule has 18 heavy (non-hydrogen) atoms. The summed E-state index contributed by atoms with van der Waals surface area (Å²) in [5.74, 6) is 1.08. The minimum absolute atomic E-state index is 0.526. The number of nitrogens with two attached hydrogens (primary N) is 1. The molecule has 0 fully saturated rings. The maximum absolute atomic E-state index is 6.10. The van der Waals surface area contributed by atoms with E-state index in [9.17, 15) is 0 Å². The van der Waals surface area contributed by atoms with Crippen LogP contribution in [-0.4, -0.2) is 10.1 Å². The van der Waals surface area contributed by atoms with E-state index in [1.165, 1.54) is 11.1 Å². The van der Waals surface area contributed by atoms with E-state index in [0.717, 1.165) is 12.0 Å². The number of aryl methyl sites for hydroxylation is 2. The lowest BCUT2D eigenvalue weighted by molar-refractivity contribution is 0.379. The second kappa shape index (κ2) is 4.53. The quantitative estimate of drug-likeness (QED) is 0.903. The van der Waals surface area contributed by atoms with Gasteiger partial charge in [-0.3, -0.25) is 0 Å². The second-order valence-corrected chi connectivity index (χ2v) is 4.99. The third-order valence-electron chi connectivity index (χ3n) is 3.43. The van der Waals surface area contributed by atoms with Gasteiger partial charge in [0.2, 0.25) is 0 Å². The molecule has 4 heteroatoms. The Kier molecular flexibility index (Phi) is 3.22. The Hall–Kier alpha value is -1.68. The molecular formula is C14H19N3O. The van der Waals surface area contributed by atoms with Crippen molar-refractivity contribution >= 4 is 0 Å². The molecule has 2 aromatic rings. The van der Waals surface area contributed by atoms with Crippen LogP contribution in [0.3, 0.4) is 0 Å². The largest absolute Gasteiger partial charge is 0.334 e. The first-order valence-electron chi connectivity index (χ1n) is 6.14. The van der Waals surface area contributed by atoms with Crippen molar-refractivity contribution in [3.05, 3.63) is 35.2 Å². The Morgan fingerprint density at radius 2 is 2.00 bits per heavy atom. The van der Waals surface area contributed by atoms with Crippen LogP contribution in [0.15, 0.2) is 22.7 Å². The molecule has 0 spiro atoms. The summed E-state index contributed by atoms with van der Waals surface area (Å²) in [5.41, 5.74) is 8.94. The number of aromatic nitrogens is 2. The van der Waals surface area contributed by atoms with Gasteiger partial charge in [0.05, 0.1) is 5.54 Å². The van der Waals surface area contributed by atoms with Crippen molar-refractivity contribution in [2.24, 2.45) is 5.73 Å². The van der Waals surface area contributed by atoms with Crippen LogP contribution in [0.2, 0.25) is 0 Å². The Morgan fingerprint density at radius 1 is 1.28 bits per heavy atom. The van der Waals surface area contributed by atoms with Crippen LogP contribution in [-0.2, 0) is 5.54 Å². The third kappa shape index (κ3) is 2.29. The highest BCUT2D eigenvalue weighted by Crippen LogP contribution is 2.24. The summed E-state index contributed by atoms with van der Waals surface area (Å²) in [7, 11) is 0. The Labute approximate surface area is 107 Å². The van der Waals surface area contributed by atoms with Crippen LogP contribution in [0, 0.1) is 13.8 Å². The average Bonchev–Trinajstić information content (AvgIpc) is 2.83. The molecule has 0 bridgehead atoms. The van der Waals surface area contributed by atoms with E-state index >= 15 is 0 Å². The average molecular weight is 245 g/mol. The molecule has 4 nitrogen and oxygen atoms in total. The summed E-state index contributed by atoms with van der Waals surface area (Å²) >= 11 is 0. The van der Waals surface area contributed by atoms with Gasteiger partial charge < -0.3 is 10.3 Å². The van der Waals surface area contributed by atoms with Crippen molar-refractivity contribution in [1.29, 1.82) is 0 Å². The van der Waals surface area contributed by atoms with Gasteiger partial charge in [-0.05, 0) is 50.5 Å². The predicted molar refractivity (Wildman–Crippen MR) is 71.0 cm³/mol. The molecule has 2 N–H and O–H groups in total. The topological polar surface area (TPSA) is 64.9 Å². The van der Waals surface area contributed by atoms with Gasteiger partial charge in [0, 0.05) is 5.56 Å². The zero-order valence-electron chi connectivity index (χ0n) is 11.3. The lowest BCUT2D eigenvalue weighted by atomic mass is 10.00. The third-order valence-corrected chi connectivity index (χ3v) is 3.43. The molecule has 1 atom stereocenters. The molecule has 1 aromatic heterocycles. The van der Waals surface area contributed by atoms with Crippen molar-refractivity contribution < 1.29 is 4.52 Å². The summed E-state index contributed by atoms with van der Waals surface area (Å²) in [4.78, 5) is 4.39. The van der Waals surface area contributed by atoms with Crippen LogP contribution in [0.25, 0.3) is 11.5 Å². The van der Waals surface area contributed by atoms with E-state index in [2.05, 4.69) is 30.1 Å². The number of benzene rings is 1. The number of nitrogens with zero attached hydrogens (tertiary/aromatic N) is 2. The Bertz CT molecular complexity index is 558. The molecule has 0 aliphatic rings. The summed E-state index contributed by atoms with van der Waals surface area (Å²) in [6.07, 6.45) is 0.763. The summed E-state index contributed by atoms with van der Waals surface area (Å²) in [6.45, 7) is 8.05. The SMILES string of the molecule is CCC(C)(N)c1noc(-c2ccc(C)c(C)c2)n1. The van der Waals surface area contributed by atoms with Gasteiger partial charge in [0.15, 0.2) is 5.82 Å². The minimum Gasteiger partial charge on any atom is -0.334 e. The molecule has 1 aromatic carbocycles. The van der Waals surface area contributed by atoms with Crippen LogP contribution in [0.4, 0.5) is 0 Å². The van der Waals surface area contributed by atoms with Crippen LogP contribution < -0.4 is 5.73 Å². The lowest BCUT2D eigenvalue weighted by Crippen LogP contribution is -2.33. The molecule has 0 radical (unpaired) electrons. The lowest BCUT2D eigenvalue weighted by Gasteiger charge is -2.16. The van der Waals surface area contributed by atoms with Crippen molar-refractivity contribution in [1.82, 2.24) is 10.1 Å². The minimum atomic E-state index is -0.540. The fourth-order valence-corrected chi connectivity index (χ4v) is 1.61. The molecule has 0 aliphatic heterocycles. The van der Waals surface area contributed by atoms with Gasteiger partial charge in [-0.15, -0.1) is 0 Å². The summed E-state index contributed by atoms with van der Waals surface area (Å²) in [6, 6.07) is 6.09. The first-order valence-corrected chi connectivity index (χ1v) is 6.14. The summed E-state index contributed by atoms with van der Waals surface area (Å²) in [5, 5.41) is 3.98. The van der Waals surface area contributed by atoms with E-state index in [4.69, 9.17) is 10.3 Å². The first-order chi connectivity index (χ1) is 8.44. The van der Waals surface area contributed by atoms with Gasteiger partial charge in [-0.2, -0.15) is 4.98 Å². The zero-order valence-corrected chi connectivity index (χ0v) is 11.3. The van der Waals surface area contributed by atoms with E-state index in [1.54, 1.807) is 0 Å². The molecule has 0 amide bonds. The van der Waals surface area contributed by atoms with Crippen LogP contribution in [0.1, 0.15) is 37.2 Å². The molecule has 1 unspecified atom stereocenters. The Balaban J connectivity index is 2.38. The summed E-state index contributed by atoms with van der Waals surface area (Å²) < 4.78 is 5.29. The normalized spacial score (nSPS) is 14.5. The van der Waals surface area contributed by atoms with Gasteiger partial charge in [0.25, 0.3) is 5.89 Å². The number of hydrogen-bond donors (Lipinski definition) is 1. The zero-order chi connectivity index (χ0) is 13.3. The molecule has 2 rings (SSSR count). The molecule has 0 saturated carbocycles. The van der Waals surface area contributed by atoms with E-state index in [-0.39, 0.29) is 0 Å². The Morgan fingerprint density at radius 3 is 2.61 bits per heavy atom. The fourth-order valence-electron chi connectivity index (χ4n) is 1.61. The van der Waals surface area contributed by atoms with E-state index < -0.39 is 5.54 Å². The maximum Gasteiger partial charge on any atom is 0.258 e. The van der Waals surface area contributed by atoms with Crippen LogP contribution in [0.5, 0.6) is 0 Å². The van der Waals surface area contributed by atoms with Gasteiger partial charge in [0.1, 0.15) is 0 Å². The number of hydrogen-bond acceptors (Lipinski definition) is 4. The van der Waals surface area contributed by atoms with Gasteiger partial charge in [-0.25, -0.2) is 0 Å². The maximum atomic E-state index is 6.10. The fraction of sp³-hybridized carbons (Fsp3) is 0.429. The van der Waals surface area contributed by atoms with Gasteiger partial charge in [-0.1, -0.05) is 18.1 Å². The van der Waals surface area contributed by atoms with Crippen molar-refractivity contribution in [2.75, 3.05) is 0 Å². The number of rotatable bonds is 3. The standard InChI is InChI=1S/C14H19N3O/c1-5-14(4,15)13-16-12(18-17-13)11-7-6-9(2)10(3)8-11/h6-8H,5,15H2,1-4H3.